The maximum absolute atomic E-state index is 5.27. The van der Waals surface area contributed by atoms with Crippen LogP contribution in [0.2, 0.25) is 0 Å². The van der Waals surface area contributed by atoms with E-state index in [9.17, 15) is 0 Å². The molecule has 19 heavy (non-hydrogen) atoms. The monoisotopic (exact) mass is 322 g/mol. The SMILES string of the molecule is COCC1CCC(n2ccc3cc(Br)cnc32)CC1. The van der Waals surface area contributed by atoms with Gasteiger partial charge in [-0.2, -0.15) is 0 Å². The standard InChI is InChI=1S/C15H19BrN2O/c1-19-10-11-2-4-14(5-3-11)18-7-6-12-8-13(16)9-17-15(12)18/h6-9,11,14H,2-5,10H2,1H3. The molecule has 1 fully saturated rings. The summed E-state index contributed by atoms with van der Waals surface area (Å²) in [5.74, 6) is 0.741. The van der Waals surface area contributed by atoms with Crippen LogP contribution in [0.15, 0.2) is 29.0 Å². The third-order valence-electron chi connectivity index (χ3n) is 4.13. The van der Waals surface area contributed by atoms with Gasteiger partial charge in [0, 0.05) is 42.0 Å². The van der Waals surface area contributed by atoms with Gasteiger partial charge >= 0.3 is 0 Å². The Morgan fingerprint density at radius 1 is 1.37 bits per heavy atom. The third kappa shape index (κ3) is 2.70. The molecule has 0 saturated heterocycles. The van der Waals surface area contributed by atoms with Crippen molar-refractivity contribution < 1.29 is 4.74 Å². The van der Waals surface area contributed by atoms with E-state index in [1.807, 2.05) is 6.20 Å². The molecule has 0 amide bonds. The van der Waals surface area contributed by atoms with E-state index in [2.05, 4.69) is 43.8 Å². The van der Waals surface area contributed by atoms with Gasteiger partial charge in [-0.3, -0.25) is 0 Å². The van der Waals surface area contributed by atoms with Crippen molar-refractivity contribution in [2.75, 3.05) is 13.7 Å². The molecule has 1 aliphatic rings. The number of ether oxygens (including phenoxy) is 1. The van der Waals surface area contributed by atoms with Crippen molar-refractivity contribution in [3.8, 4) is 0 Å². The number of halogens is 1. The van der Waals surface area contributed by atoms with Crippen molar-refractivity contribution in [3.05, 3.63) is 29.0 Å². The van der Waals surface area contributed by atoms with E-state index < -0.39 is 0 Å². The van der Waals surface area contributed by atoms with Gasteiger partial charge in [0.25, 0.3) is 0 Å². The molecular weight excluding hydrogens is 304 g/mol. The van der Waals surface area contributed by atoms with Crippen LogP contribution >= 0.6 is 15.9 Å². The molecule has 4 heteroatoms. The number of fused-ring (bicyclic) bond motifs is 1. The van der Waals surface area contributed by atoms with E-state index >= 15 is 0 Å². The molecule has 0 unspecified atom stereocenters. The third-order valence-corrected chi connectivity index (χ3v) is 4.57. The number of pyridine rings is 1. The number of methoxy groups -OCH3 is 1. The average molecular weight is 323 g/mol. The van der Waals surface area contributed by atoms with Crippen LogP contribution in [0.25, 0.3) is 11.0 Å². The van der Waals surface area contributed by atoms with Crippen LogP contribution in [0.3, 0.4) is 0 Å². The second-order valence-corrected chi connectivity index (χ2v) is 6.33. The van der Waals surface area contributed by atoms with Gasteiger partial charge in [-0.1, -0.05) is 0 Å². The highest BCUT2D eigenvalue weighted by atomic mass is 79.9. The smallest absolute Gasteiger partial charge is 0.140 e. The molecule has 1 saturated carbocycles. The van der Waals surface area contributed by atoms with Crippen LogP contribution in [0.4, 0.5) is 0 Å². The van der Waals surface area contributed by atoms with Crippen LogP contribution < -0.4 is 0 Å². The van der Waals surface area contributed by atoms with Crippen LogP contribution in [-0.2, 0) is 4.74 Å². The molecule has 0 N–H and O–H groups in total. The molecule has 2 aromatic rings. The molecule has 0 aromatic carbocycles. The predicted octanol–water partition coefficient (Wildman–Crippen LogP) is 4.18. The number of aromatic nitrogens is 2. The molecule has 2 heterocycles. The molecule has 2 aromatic heterocycles. The number of nitrogens with zero attached hydrogens (tertiary/aromatic N) is 2. The lowest BCUT2D eigenvalue weighted by molar-refractivity contribution is 0.120. The Kier molecular flexibility index (Phi) is 3.89. The number of rotatable bonds is 3. The van der Waals surface area contributed by atoms with Crippen LogP contribution in [0, 0.1) is 5.92 Å². The van der Waals surface area contributed by atoms with E-state index in [0.717, 1.165) is 22.6 Å². The first-order chi connectivity index (χ1) is 9.28. The first kappa shape index (κ1) is 13.1. The summed E-state index contributed by atoms with van der Waals surface area (Å²) >= 11 is 3.48. The molecule has 0 aliphatic heterocycles. The molecule has 1 aliphatic carbocycles. The highest BCUT2D eigenvalue weighted by Gasteiger charge is 2.23. The fraction of sp³-hybridized carbons (Fsp3) is 0.533. The molecule has 0 atom stereocenters. The van der Waals surface area contributed by atoms with Gasteiger partial charge in [0.1, 0.15) is 5.65 Å². The van der Waals surface area contributed by atoms with Gasteiger partial charge in [0.15, 0.2) is 0 Å². The first-order valence-corrected chi connectivity index (χ1v) is 7.68. The lowest BCUT2D eigenvalue weighted by atomic mass is 9.86. The van der Waals surface area contributed by atoms with Gasteiger partial charge in [0.05, 0.1) is 0 Å². The van der Waals surface area contributed by atoms with Crippen molar-refractivity contribution in [2.24, 2.45) is 5.92 Å². The highest BCUT2D eigenvalue weighted by Crippen LogP contribution is 2.34. The minimum absolute atomic E-state index is 0.597. The predicted molar refractivity (Wildman–Crippen MR) is 80.3 cm³/mol. The number of hydrogen-bond acceptors (Lipinski definition) is 2. The minimum atomic E-state index is 0.597. The van der Waals surface area contributed by atoms with E-state index in [0.29, 0.717) is 6.04 Å². The second-order valence-electron chi connectivity index (χ2n) is 5.42. The van der Waals surface area contributed by atoms with Gasteiger partial charge in [-0.15, -0.1) is 0 Å². The van der Waals surface area contributed by atoms with Crippen molar-refractivity contribution in [1.82, 2.24) is 9.55 Å². The lowest BCUT2D eigenvalue weighted by Crippen LogP contribution is -2.20. The summed E-state index contributed by atoms with van der Waals surface area (Å²) in [5.41, 5.74) is 1.11. The van der Waals surface area contributed by atoms with Gasteiger partial charge in [-0.05, 0) is 59.7 Å². The fourth-order valence-corrected chi connectivity index (χ4v) is 3.49. The van der Waals surface area contributed by atoms with E-state index in [4.69, 9.17) is 4.74 Å². The Balaban J connectivity index is 1.78. The zero-order valence-electron chi connectivity index (χ0n) is 11.2. The average Bonchev–Trinajstić information content (AvgIpc) is 2.83. The molecule has 3 rings (SSSR count). The Bertz CT molecular complexity index is 558. The summed E-state index contributed by atoms with van der Waals surface area (Å²) in [5, 5.41) is 1.22. The first-order valence-electron chi connectivity index (χ1n) is 6.89. The topological polar surface area (TPSA) is 27.1 Å². The van der Waals surface area contributed by atoms with Gasteiger partial charge < -0.3 is 9.30 Å². The summed E-state index contributed by atoms with van der Waals surface area (Å²) in [4.78, 5) is 4.56. The van der Waals surface area contributed by atoms with Gasteiger partial charge in [0.2, 0.25) is 0 Å². The summed E-state index contributed by atoms with van der Waals surface area (Å²) < 4.78 is 8.66. The Morgan fingerprint density at radius 2 is 2.16 bits per heavy atom. The zero-order valence-corrected chi connectivity index (χ0v) is 12.8. The second kappa shape index (κ2) is 5.63. The Hall–Kier alpha value is -0.870. The Labute approximate surface area is 122 Å². The molecular formula is C15H19BrN2O. The molecule has 0 bridgehead atoms. The minimum Gasteiger partial charge on any atom is -0.384 e. The van der Waals surface area contributed by atoms with Crippen molar-refractivity contribution in [2.45, 2.75) is 31.7 Å². The maximum atomic E-state index is 5.27. The highest BCUT2D eigenvalue weighted by molar-refractivity contribution is 9.10. The normalized spacial score (nSPS) is 23.9. The van der Waals surface area contributed by atoms with Gasteiger partial charge in [-0.25, -0.2) is 4.98 Å². The Morgan fingerprint density at radius 3 is 2.89 bits per heavy atom. The summed E-state index contributed by atoms with van der Waals surface area (Å²) in [6.07, 6.45) is 9.05. The van der Waals surface area contributed by atoms with E-state index in [1.54, 1.807) is 7.11 Å². The maximum Gasteiger partial charge on any atom is 0.140 e. The molecule has 3 nitrogen and oxygen atoms in total. The fourth-order valence-electron chi connectivity index (χ4n) is 3.14. The summed E-state index contributed by atoms with van der Waals surface area (Å²) in [7, 11) is 1.80. The quantitative estimate of drug-likeness (QED) is 0.847. The van der Waals surface area contributed by atoms with E-state index in [1.165, 1.54) is 31.1 Å². The largest absolute Gasteiger partial charge is 0.384 e. The number of hydrogen-bond donors (Lipinski definition) is 0. The van der Waals surface area contributed by atoms with Crippen molar-refractivity contribution in [1.29, 1.82) is 0 Å². The molecule has 102 valence electrons. The van der Waals surface area contributed by atoms with E-state index in [-0.39, 0.29) is 0 Å². The zero-order chi connectivity index (χ0) is 13.2. The van der Waals surface area contributed by atoms with Crippen molar-refractivity contribution >= 4 is 27.0 Å². The molecule has 0 spiro atoms. The van der Waals surface area contributed by atoms with Crippen LogP contribution in [0.1, 0.15) is 31.7 Å². The molecule has 0 radical (unpaired) electrons. The van der Waals surface area contributed by atoms with Crippen molar-refractivity contribution in [3.63, 3.8) is 0 Å². The summed E-state index contributed by atoms with van der Waals surface area (Å²) in [6.45, 7) is 0.907. The lowest BCUT2D eigenvalue weighted by Gasteiger charge is -2.29. The summed E-state index contributed by atoms with van der Waals surface area (Å²) in [6, 6.07) is 4.89. The van der Waals surface area contributed by atoms with Crippen LogP contribution in [0.5, 0.6) is 0 Å². The van der Waals surface area contributed by atoms with Crippen LogP contribution in [-0.4, -0.2) is 23.3 Å².